The Morgan fingerprint density at radius 1 is 0.531 bits per heavy atom. The summed E-state index contributed by atoms with van der Waals surface area (Å²) in [6, 6.07) is 0. The minimum Gasteiger partial charge on any atom is -0.462 e. The number of carbonyl (C=O) groups is 2. The molecule has 0 heterocycles. The number of ether oxygens (including phenoxy) is 2. The van der Waals surface area contributed by atoms with Gasteiger partial charge in [0.15, 0.2) is 6.10 Å². The molecule has 0 aliphatic rings. The molecule has 4 atom stereocenters. The van der Waals surface area contributed by atoms with Gasteiger partial charge in [-0.15, -0.1) is 0 Å². The molecule has 64 heavy (non-hydrogen) atoms. The number of esters is 2. The Balaban J connectivity index is 4.80. The van der Waals surface area contributed by atoms with Crippen molar-refractivity contribution < 1.29 is 66.7 Å². The van der Waals surface area contributed by atoms with Gasteiger partial charge >= 0.3 is 27.6 Å². The van der Waals surface area contributed by atoms with E-state index in [4.69, 9.17) is 23.8 Å². The van der Waals surface area contributed by atoms with E-state index in [-0.39, 0.29) is 12.8 Å². The average molecular weight is 939 g/mol. The lowest BCUT2D eigenvalue weighted by molar-refractivity contribution is -0.161. The van der Waals surface area contributed by atoms with Crippen LogP contribution in [-0.2, 0) is 41.8 Å². The molecule has 14 nitrogen and oxygen atoms in total. The molecule has 0 bridgehead atoms. The Morgan fingerprint density at radius 2 is 1.05 bits per heavy atom. The summed E-state index contributed by atoms with van der Waals surface area (Å²) in [7, 11) is -9.75. The highest BCUT2D eigenvalue weighted by atomic mass is 31.2. The zero-order valence-electron chi connectivity index (χ0n) is 37.9. The van der Waals surface area contributed by atoms with E-state index in [0.717, 1.165) is 38.5 Å². The molecular weight excluding hydrogens is 862 g/mol. The maximum atomic E-state index is 12.6. The summed E-state index contributed by atoms with van der Waals surface area (Å²) in [5, 5.41) is 19.8. The van der Waals surface area contributed by atoms with Gasteiger partial charge in [0.1, 0.15) is 12.7 Å². The van der Waals surface area contributed by atoms with E-state index >= 15 is 0 Å². The standard InChI is InChI=1S/C48H76O14P2/c1-3-5-7-9-11-12-13-14-15-16-17-18-19-20-21-22-27-31-35-39-48(52)62-46(43-61-64(56,57)60-41-45(50)40-59-63(53,54)55)42-58-47(51)38-34-30-26-24-23-25-29-33-37-44(49)36-32-28-10-8-6-4-2/h5,7,11-12,14-15,17-18,20-21,24-29,31-33,37,44-46,49-50H,3-4,6,8-10,13,16,19,22-23,30,34-36,38-43H2,1-2H3,(H,56,57)(H2,53,54,55)/b7-5-,12-11-,15-14-,18-17-,21-20-,26-24-,29-25-,31-27-,32-28-,37-33+/t44-,45+,46-/m1/s1. The number of phosphoric ester groups is 2. The monoisotopic (exact) mass is 938 g/mol. The summed E-state index contributed by atoms with van der Waals surface area (Å²) in [5.74, 6) is -1.25. The van der Waals surface area contributed by atoms with Gasteiger partial charge in [-0.25, -0.2) is 9.13 Å². The lowest BCUT2D eigenvalue weighted by Crippen LogP contribution is -2.29. The van der Waals surface area contributed by atoms with Crippen LogP contribution in [0.15, 0.2) is 122 Å². The van der Waals surface area contributed by atoms with E-state index in [1.807, 2.05) is 54.7 Å². The number of unbranched alkanes of at least 4 members (excludes halogenated alkanes) is 4. The van der Waals surface area contributed by atoms with Crippen LogP contribution in [0.25, 0.3) is 0 Å². The second kappa shape index (κ2) is 42.1. The van der Waals surface area contributed by atoms with Crippen molar-refractivity contribution in [3.8, 4) is 0 Å². The van der Waals surface area contributed by atoms with Crippen LogP contribution in [0.4, 0.5) is 0 Å². The summed E-state index contributed by atoms with van der Waals surface area (Å²) >= 11 is 0. The zero-order valence-corrected chi connectivity index (χ0v) is 39.7. The lowest BCUT2D eigenvalue weighted by Gasteiger charge is -2.20. The number of allylic oxidation sites excluding steroid dienone is 18. The summed E-state index contributed by atoms with van der Waals surface area (Å²) in [4.78, 5) is 52.7. The predicted molar refractivity (Wildman–Crippen MR) is 254 cm³/mol. The van der Waals surface area contributed by atoms with Crippen molar-refractivity contribution in [1.29, 1.82) is 0 Å². The van der Waals surface area contributed by atoms with Crippen molar-refractivity contribution in [2.75, 3.05) is 26.4 Å². The van der Waals surface area contributed by atoms with Crippen molar-refractivity contribution in [3.05, 3.63) is 122 Å². The van der Waals surface area contributed by atoms with E-state index < -0.39 is 72.3 Å². The molecule has 5 N–H and O–H groups in total. The highest BCUT2D eigenvalue weighted by Gasteiger charge is 2.28. The van der Waals surface area contributed by atoms with Crippen LogP contribution in [-0.4, -0.2) is 81.6 Å². The number of phosphoric acid groups is 2. The fourth-order valence-electron chi connectivity index (χ4n) is 5.04. The molecular formula is C48H76O14P2. The predicted octanol–water partition coefficient (Wildman–Crippen LogP) is 10.6. The molecule has 0 saturated carbocycles. The molecule has 0 fully saturated rings. The Bertz CT molecular complexity index is 1600. The first-order valence-electron chi connectivity index (χ1n) is 22.3. The zero-order chi connectivity index (χ0) is 47.4. The van der Waals surface area contributed by atoms with Gasteiger partial charge in [-0.3, -0.25) is 23.2 Å². The molecule has 0 amide bonds. The third-order valence-electron chi connectivity index (χ3n) is 8.42. The van der Waals surface area contributed by atoms with E-state index in [2.05, 4.69) is 83.7 Å². The molecule has 0 spiro atoms. The molecule has 0 rings (SSSR count). The Kier molecular flexibility index (Phi) is 39.8. The third kappa shape index (κ3) is 45.1. The molecule has 0 aliphatic carbocycles. The third-order valence-corrected chi connectivity index (χ3v) is 9.85. The average Bonchev–Trinajstić information content (AvgIpc) is 3.25. The number of carbonyl (C=O) groups excluding carboxylic acids is 2. The molecule has 0 aromatic carbocycles. The van der Waals surface area contributed by atoms with Gasteiger partial charge in [0.05, 0.1) is 25.9 Å². The van der Waals surface area contributed by atoms with E-state index in [1.165, 1.54) is 19.3 Å². The molecule has 1 unspecified atom stereocenters. The highest BCUT2D eigenvalue weighted by molar-refractivity contribution is 7.47. The van der Waals surface area contributed by atoms with Gasteiger partial charge in [0.2, 0.25) is 0 Å². The van der Waals surface area contributed by atoms with Crippen LogP contribution in [0, 0.1) is 0 Å². The Labute approximate surface area is 382 Å². The largest absolute Gasteiger partial charge is 0.472 e. The molecule has 0 aromatic rings. The van der Waals surface area contributed by atoms with Crippen LogP contribution in [0.5, 0.6) is 0 Å². The molecule has 16 heteroatoms. The fourth-order valence-corrected chi connectivity index (χ4v) is 6.19. The van der Waals surface area contributed by atoms with Crippen molar-refractivity contribution in [2.45, 2.75) is 141 Å². The molecule has 362 valence electrons. The van der Waals surface area contributed by atoms with Gasteiger partial charge in [-0.05, 0) is 83.5 Å². The van der Waals surface area contributed by atoms with E-state index in [1.54, 1.807) is 6.08 Å². The Hall–Kier alpha value is -3.52. The van der Waals surface area contributed by atoms with Crippen molar-refractivity contribution in [1.82, 2.24) is 0 Å². The van der Waals surface area contributed by atoms with Crippen LogP contribution in [0.3, 0.4) is 0 Å². The van der Waals surface area contributed by atoms with Gasteiger partial charge in [-0.2, -0.15) is 0 Å². The number of aliphatic hydroxyl groups excluding tert-OH is 2. The second-order valence-corrected chi connectivity index (χ2v) is 17.1. The van der Waals surface area contributed by atoms with Crippen LogP contribution < -0.4 is 0 Å². The summed E-state index contributed by atoms with van der Waals surface area (Å²) in [6.45, 7) is 1.36. The smallest absolute Gasteiger partial charge is 0.462 e. The number of rotatable bonds is 40. The molecule has 0 radical (unpaired) electrons. The van der Waals surface area contributed by atoms with Crippen molar-refractivity contribution >= 4 is 27.6 Å². The van der Waals surface area contributed by atoms with E-state index in [9.17, 15) is 33.8 Å². The first kappa shape index (κ1) is 60.5. The normalized spacial score (nSPS) is 15.5. The number of hydrogen-bond donors (Lipinski definition) is 5. The highest BCUT2D eigenvalue weighted by Crippen LogP contribution is 2.43. The minimum absolute atomic E-state index is 0.0255. The summed E-state index contributed by atoms with van der Waals surface area (Å²) < 4.78 is 47.6. The fraction of sp³-hybridized carbons (Fsp3) is 0.542. The van der Waals surface area contributed by atoms with Crippen molar-refractivity contribution in [3.63, 3.8) is 0 Å². The quantitative estimate of drug-likeness (QED) is 0.0127. The van der Waals surface area contributed by atoms with Gasteiger partial charge in [-0.1, -0.05) is 148 Å². The van der Waals surface area contributed by atoms with Crippen LogP contribution >= 0.6 is 15.6 Å². The number of aliphatic hydroxyl groups is 2. The molecule has 0 saturated heterocycles. The maximum absolute atomic E-state index is 12.6. The summed E-state index contributed by atoms with van der Waals surface area (Å²) in [5.41, 5.74) is 0. The molecule has 0 aromatic heterocycles. The topological polar surface area (TPSA) is 216 Å². The second-order valence-electron chi connectivity index (χ2n) is 14.4. The molecule has 0 aliphatic heterocycles. The number of hydrogen-bond acceptors (Lipinski definition) is 11. The van der Waals surface area contributed by atoms with Crippen molar-refractivity contribution in [2.24, 2.45) is 0 Å². The van der Waals surface area contributed by atoms with Gasteiger partial charge in [0, 0.05) is 12.8 Å². The SMILES string of the molecule is CC/C=C\C/C=C\C/C=C\C/C=C\C/C=C\C/C=C\CCC(=O)O[C@H](COC(=O)CCC/C=C\C/C=C\C=C\[C@H](O)C/C=C\CCCCC)COP(=O)(O)OC[C@@H](O)COP(=O)(O)O. The minimum atomic E-state index is -4.89. The van der Waals surface area contributed by atoms with E-state index in [0.29, 0.717) is 38.5 Å². The summed E-state index contributed by atoms with van der Waals surface area (Å²) in [6.07, 6.45) is 49.5. The van der Waals surface area contributed by atoms with Gasteiger partial charge < -0.3 is 34.4 Å². The Morgan fingerprint density at radius 3 is 1.64 bits per heavy atom. The first-order valence-corrected chi connectivity index (χ1v) is 25.4. The van der Waals surface area contributed by atoms with Crippen LogP contribution in [0.2, 0.25) is 0 Å². The van der Waals surface area contributed by atoms with Gasteiger partial charge in [0.25, 0.3) is 0 Å². The lowest BCUT2D eigenvalue weighted by atomic mass is 10.1. The van der Waals surface area contributed by atoms with Crippen LogP contribution in [0.1, 0.15) is 123 Å². The maximum Gasteiger partial charge on any atom is 0.472 e. The first-order chi connectivity index (χ1) is 30.8.